The number of nitrogens with zero attached hydrogens (tertiary/aromatic N) is 2. The summed E-state index contributed by atoms with van der Waals surface area (Å²) in [6, 6.07) is 19.1. The molecule has 4 aromatic rings. The van der Waals surface area contributed by atoms with E-state index in [2.05, 4.69) is 9.88 Å². The van der Waals surface area contributed by atoms with Crippen molar-refractivity contribution < 1.29 is 19.0 Å². The molecule has 0 saturated carbocycles. The highest BCUT2D eigenvalue weighted by atomic mass is 16.5. The Hall–Kier alpha value is -4.00. The zero-order valence-corrected chi connectivity index (χ0v) is 19.9. The number of nitrogens with one attached hydrogen (secondary N) is 1. The fourth-order valence-corrected chi connectivity index (χ4v) is 4.01. The van der Waals surface area contributed by atoms with E-state index in [1.165, 1.54) is 0 Å². The van der Waals surface area contributed by atoms with Gasteiger partial charge in [0.1, 0.15) is 18.2 Å². The van der Waals surface area contributed by atoms with Crippen molar-refractivity contribution in [1.82, 2.24) is 14.9 Å². The Morgan fingerprint density at radius 1 is 0.941 bits per heavy atom. The zero-order chi connectivity index (χ0) is 24.1. The Morgan fingerprint density at radius 2 is 1.68 bits per heavy atom. The Balaban J connectivity index is 1.50. The number of methoxy groups -OCH3 is 2. The number of aromatic nitrogens is 2. The number of fused-ring (bicyclic) bond motifs is 1. The molecule has 0 aliphatic rings. The summed E-state index contributed by atoms with van der Waals surface area (Å²) in [7, 11) is 3.11. The predicted octanol–water partition coefficient (Wildman–Crippen LogP) is 4.68. The highest BCUT2D eigenvalue weighted by Gasteiger charge is 2.15. The number of imidazole rings is 1. The molecule has 0 fully saturated rings. The number of aryl methyl sites for hydroxylation is 2. The third-order valence-electron chi connectivity index (χ3n) is 5.76. The van der Waals surface area contributed by atoms with E-state index in [4.69, 9.17) is 19.2 Å². The van der Waals surface area contributed by atoms with Crippen LogP contribution in [0.1, 0.15) is 27.3 Å². The van der Waals surface area contributed by atoms with Crippen LogP contribution in [-0.4, -0.2) is 36.3 Å². The van der Waals surface area contributed by atoms with Crippen molar-refractivity contribution >= 4 is 16.9 Å². The summed E-state index contributed by atoms with van der Waals surface area (Å²) in [6.45, 7) is 5.47. The summed E-state index contributed by atoms with van der Waals surface area (Å²) < 4.78 is 18.8. The highest BCUT2D eigenvalue weighted by Crippen LogP contribution is 2.27. The molecule has 4 rings (SSSR count). The second-order valence-electron chi connectivity index (χ2n) is 7.99. The van der Waals surface area contributed by atoms with Gasteiger partial charge in [-0.2, -0.15) is 0 Å². The van der Waals surface area contributed by atoms with E-state index in [0.29, 0.717) is 30.2 Å². The number of hydrogen-bond donors (Lipinski definition) is 1. The lowest BCUT2D eigenvalue weighted by Crippen LogP contribution is -2.25. The van der Waals surface area contributed by atoms with Crippen LogP contribution < -0.4 is 19.5 Å². The molecule has 1 amide bonds. The Labute approximate surface area is 199 Å². The first kappa shape index (κ1) is 23.2. The molecule has 0 bridgehead atoms. The minimum Gasteiger partial charge on any atom is -0.493 e. The van der Waals surface area contributed by atoms with E-state index in [-0.39, 0.29) is 12.5 Å². The van der Waals surface area contributed by atoms with Crippen molar-refractivity contribution in [2.24, 2.45) is 0 Å². The summed E-state index contributed by atoms with van der Waals surface area (Å²) in [5.41, 5.74) is 4.59. The number of rotatable bonds is 9. The van der Waals surface area contributed by atoms with Crippen LogP contribution in [0.25, 0.3) is 11.0 Å². The van der Waals surface area contributed by atoms with Crippen LogP contribution in [0, 0.1) is 13.8 Å². The number of carbonyl (C=O) groups is 1. The number of carbonyl (C=O) groups excluding carboxylic acids is 1. The van der Waals surface area contributed by atoms with E-state index in [0.717, 1.165) is 33.7 Å². The second-order valence-corrected chi connectivity index (χ2v) is 7.99. The van der Waals surface area contributed by atoms with Crippen LogP contribution in [0.15, 0.2) is 60.7 Å². The molecule has 0 unspecified atom stereocenters. The van der Waals surface area contributed by atoms with Crippen molar-refractivity contribution in [3.8, 4) is 17.2 Å². The van der Waals surface area contributed by atoms with Crippen molar-refractivity contribution in [2.75, 3.05) is 20.8 Å². The van der Waals surface area contributed by atoms with Crippen LogP contribution in [0.2, 0.25) is 0 Å². The molecule has 0 spiro atoms. The molecule has 0 saturated heterocycles. The molecule has 176 valence electrons. The monoisotopic (exact) mass is 459 g/mol. The van der Waals surface area contributed by atoms with Gasteiger partial charge in [0.15, 0.2) is 11.5 Å². The van der Waals surface area contributed by atoms with Gasteiger partial charge in [0, 0.05) is 5.56 Å². The molecular formula is C27H29N3O4. The maximum atomic E-state index is 12.8. The molecule has 7 heteroatoms. The first-order valence-corrected chi connectivity index (χ1v) is 11.1. The van der Waals surface area contributed by atoms with E-state index in [1.54, 1.807) is 32.4 Å². The largest absolute Gasteiger partial charge is 0.493 e. The van der Waals surface area contributed by atoms with Crippen LogP contribution in [0.3, 0.4) is 0 Å². The topological polar surface area (TPSA) is 74.6 Å². The quantitative estimate of drug-likeness (QED) is 0.393. The number of hydrogen-bond acceptors (Lipinski definition) is 5. The summed E-state index contributed by atoms with van der Waals surface area (Å²) in [4.78, 5) is 17.6. The zero-order valence-electron chi connectivity index (χ0n) is 19.9. The third kappa shape index (κ3) is 4.83. The smallest absolute Gasteiger partial charge is 0.251 e. The fraction of sp³-hybridized carbons (Fsp3) is 0.259. The first-order valence-electron chi connectivity index (χ1n) is 11.1. The number of benzene rings is 3. The van der Waals surface area contributed by atoms with Gasteiger partial charge >= 0.3 is 0 Å². The van der Waals surface area contributed by atoms with Gasteiger partial charge in [-0.1, -0.05) is 30.3 Å². The summed E-state index contributed by atoms with van der Waals surface area (Å²) in [5, 5.41) is 2.97. The SMILES string of the molecule is COc1ccc(C(=O)NCc2nc3ccccc3n2CCOc2c(C)cccc2C)cc1OC. The molecule has 7 nitrogen and oxygen atoms in total. The summed E-state index contributed by atoms with van der Waals surface area (Å²) >= 11 is 0. The third-order valence-corrected chi connectivity index (χ3v) is 5.76. The summed E-state index contributed by atoms with van der Waals surface area (Å²) in [5.74, 6) is 2.54. The van der Waals surface area contributed by atoms with Crippen LogP contribution >= 0.6 is 0 Å². The molecule has 34 heavy (non-hydrogen) atoms. The molecular weight excluding hydrogens is 430 g/mol. The maximum absolute atomic E-state index is 12.8. The van der Waals surface area contributed by atoms with E-state index < -0.39 is 0 Å². The molecule has 3 aromatic carbocycles. The van der Waals surface area contributed by atoms with Gasteiger partial charge in [0.2, 0.25) is 0 Å². The average Bonchev–Trinajstić information content (AvgIpc) is 3.21. The second kappa shape index (κ2) is 10.3. The highest BCUT2D eigenvalue weighted by molar-refractivity contribution is 5.94. The van der Waals surface area contributed by atoms with Gasteiger partial charge in [-0.25, -0.2) is 4.98 Å². The van der Waals surface area contributed by atoms with Crippen molar-refractivity contribution in [3.05, 3.63) is 83.2 Å². The van der Waals surface area contributed by atoms with Crippen molar-refractivity contribution in [2.45, 2.75) is 26.9 Å². The molecule has 0 aliphatic heterocycles. The van der Waals surface area contributed by atoms with E-state index in [1.807, 2.05) is 56.3 Å². The average molecular weight is 460 g/mol. The fourth-order valence-electron chi connectivity index (χ4n) is 4.01. The Kier molecular flexibility index (Phi) is 7.01. The minimum atomic E-state index is -0.216. The van der Waals surface area contributed by atoms with E-state index >= 15 is 0 Å². The first-order chi connectivity index (χ1) is 16.5. The maximum Gasteiger partial charge on any atom is 0.251 e. The molecule has 1 aromatic heterocycles. The summed E-state index contributed by atoms with van der Waals surface area (Å²) in [6.07, 6.45) is 0. The van der Waals surface area contributed by atoms with Gasteiger partial charge in [-0.3, -0.25) is 4.79 Å². The van der Waals surface area contributed by atoms with Gasteiger partial charge in [-0.15, -0.1) is 0 Å². The van der Waals surface area contributed by atoms with Crippen LogP contribution in [0.4, 0.5) is 0 Å². The number of ether oxygens (including phenoxy) is 3. The number of amides is 1. The van der Waals surface area contributed by atoms with Gasteiger partial charge in [-0.05, 0) is 55.3 Å². The van der Waals surface area contributed by atoms with Crippen molar-refractivity contribution in [3.63, 3.8) is 0 Å². The van der Waals surface area contributed by atoms with Gasteiger partial charge in [0.25, 0.3) is 5.91 Å². The van der Waals surface area contributed by atoms with Crippen LogP contribution in [0.5, 0.6) is 17.2 Å². The number of para-hydroxylation sites is 3. The standard InChI is InChI=1S/C27H29N3O4/c1-18-8-7-9-19(2)26(18)34-15-14-30-22-11-6-5-10-21(22)29-25(30)17-28-27(31)20-12-13-23(32-3)24(16-20)33-4/h5-13,16H,14-15,17H2,1-4H3,(H,28,31). The van der Waals surface area contributed by atoms with Crippen LogP contribution in [-0.2, 0) is 13.1 Å². The Bertz CT molecular complexity index is 1290. The molecule has 0 radical (unpaired) electrons. The lowest BCUT2D eigenvalue weighted by atomic mass is 10.1. The minimum absolute atomic E-state index is 0.216. The molecule has 1 N–H and O–H groups in total. The van der Waals surface area contributed by atoms with Gasteiger partial charge < -0.3 is 24.1 Å². The lowest BCUT2D eigenvalue weighted by Gasteiger charge is -2.14. The molecule has 0 atom stereocenters. The Morgan fingerprint density at radius 3 is 2.41 bits per heavy atom. The normalized spacial score (nSPS) is 10.8. The molecule has 1 heterocycles. The van der Waals surface area contributed by atoms with Crippen molar-refractivity contribution in [1.29, 1.82) is 0 Å². The lowest BCUT2D eigenvalue weighted by molar-refractivity contribution is 0.0949. The molecule has 0 aliphatic carbocycles. The van der Waals surface area contributed by atoms with Gasteiger partial charge in [0.05, 0.1) is 38.3 Å². The predicted molar refractivity (Wildman–Crippen MR) is 132 cm³/mol. The van der Waals surface area contributed by atoms with E-state index in [9.17, 15) is 4.79 Å².